The molecule has 0 atom stereocenters. The highest BCUT2D eigenvalue weighted by atomic mass is 32.2. The lowest BCUT2D eigenvalue weighted by molar-refractivity contribution is 0.0352. The highest BCUT2D eigenvalue weighted by Crippen LogP contribution is 2.42. The molecule has 0 aromatic carbocycles. The van der Waals surface area contributed by atoms with Gasteiger partial charge in [-0.2, -0.15) is 5.26 Å². The molecule has 1 aliphatic heterocycles. The molecule has 0 amide bonds. The predicted octanol–water partition coefficient (Wildman–Crippen LogP) is 0.957. The van der Waals surface area contributed by atoms with Gasteiger partial charge in [0, 0.05) is 19.3 Å². The molecule has 20 heavy (non-hydrogen) atoms. The molecule has 0 spiro atoms. The summed E-state index contributed by atoms with van der Waals surface area (Å²) in [5.74, 6) is 0. The molecular weight excluding hydrogens is 298 g/mol. The fraction of sp³-hybridized carbons (Fsp3) is 0.583. The Morgan fingerprint density at radius 1 is 1.45 bits per heavy atom. The smallest absolute Gasteiger partial charge is 0.180 e. The zero-order valence-corrected chi connectivity index (χ0v) is 13.0. The largest absolute Gasteiger partial charge is 0.396 e. The average Bonchev–Trinajstić information content (AvgIpc) is 2.65. The number of nitriles is 1. The van der Waals surface area contributed by atoms with Gasteiger partial charge in [-0.25, -0.2) is 8.42 Å². The Bertz CT molecular complexity index is 661. The van der Waals surface area contributed by atoms with Crippen molar-refractivity contribution in [2.24, 2.45) is 0 Å². The van der Waals surface area contributed by atoms with Crippen LogP contribution in [-0.2, 0) is 9.84 Å². The molecule has 0 bridgehead atoms. The van der Waals surface area contributed by atoms with Gasteiger partial charge in [-0.15, -0.1) is 11.3 Å². The number of anilines is 2. The summed E-state index contributed by atoms with van der Waals surface area (Å²) in [5.41, 5.74) is 5.11. The van der Waals surface area contributed by atoms with Crippen molar-refractivity contribution in [2.75, 3.05) is 30.0 Å². The van der Waals surface area contributed by atoms with E-state index in [9.17, 15) is 13.5 Å². The van der Waals surface area contributed by atoms with Crippen LogP contribution < -0.4 is 10.6 Å². The number of nitrogen functional groups attached to an aromatic ring is 1. The van der Waals surface area contributed by atoms with E-state index in [0.29, 0.717) is 30.9 Å². The number of hydrogen-bond acceptors (Lipinski definition) is 7. The first-order valence-electron chi connectivity index (χ1n) is 6.15. The molecular formula is C12H17N3O3S2. The molecule has 2 heterocycles. The standard InChI is InChI=1S/C12H17N3O3S2/c1-12(16)3-5-15(6-4-12)11-10(20(2,17)18)9(14)8(7-13)19-11/h16H,3-6,14H2,1-2H3. The van der Waals surface area contributed by atoms with Crippen LogP contribution in [0.5, 0.6) is 0 Å². The maximum atomic E-state index is 11.9. The van der Waals surface area contributed by atoms with E-state index in [4.69, 9.17) is 11.0 Å². The third-order valence-corrected chi connectivity index (χ3v) is 5.94. The Kier molecular flexibility index (Phi) is 3.71. The first-order chi connectivity index (χ1) is 9.15. The van der Waals surface area contributed by atoms with Crippen molar-refractivity contribution < 1.29 is 13.5 Å². The quantitative estimate of drug-likeness (QED) is 0.841. The number of hydrogen-bond donors (Lipinski definition) is 2. The Morgan fingerprint density at radius 3 is 2.45 bits per heavy atom. The third kappa shape index (κ3) is 2.75. The molecule has 3 N–H and O–H groups in total. The first kappa shape index (κ1) is 15.1. The highest BCUT2D eigenvalue weighted by Gasteiger charge is 2.32. The van der Waals surface area contributed by atoms with Crippen LogP contribution in [0.1, 0.15) is 24.6 Å². The Balaban J connectivity index is 2.46. The van der Waals surface area contributed by atoms with Gasteiger partial charge in [-0.05, 0) is 19.8 Å². The van der Waals surface area contributed by atoms with E-state index < -0.39 is 15.4 Å². The van der Waals surface area contributed by atoms with Crippen LogP contribution in [0.15, 0.2) is 4.90 Å². The molecule has 8 heteroatoms. The van der Waals surface area contributed by atoms with Crippen molar-refractivity contribution in [1.82, 2.24) is 0 Å². The van der Waals surface area contributed by atoms with Crippen LogP contribution in [0.25, 0.3) is 0 Å². The van der Waals surface area contributed by atoms with Crippen LogP contribution in [-0.4, -0.2) is 38.5 Å². The minimum atomic E-state index is -3.50. The molecule has 1 aromatic heterocycles. The fourth-order valence-corrected chi connectivity index (χ4v) is 4.81. The van der Waals surface area contributed by atoms with Crippen LogP contribution in [0.3, 0.4) is 0 Å². The average molecular weight is 315 g/mol. The van der Waals surface area contributed by atoms with E-state index in [-0.39, 0.29) is 15.5 Å². The summed E-state index contributed by atoms with van der Waals surface area (Å²) < 4.78 is 23.8. The maximum Gasteiger partial charge on any atom is 0.180 e. The predicted molar refractivity (Wildman–Crippen MR) is 78.6 cm³/mol. The van der Waals surface area contributed by atoms with E-state index in [0.717, 1.165) is 17.6 Å². The number of nitrogens with zero attached hydrogens (tertiary/aromatic N) is 2. The number of thiophene rings is 1. The molecule has 1 saturated heterocycles. The van der Waals surface area contributed by atoms with Gasteiger partial charge in [-0.3, -0.25) is 0 Å². The molecule has 0 aliphatic carbocycles. The molecule has 110 valence electrons. The summed E-state index contributed by atoms with van der Waals surface area (Å²) in [7, 11) is -3.50. The van der Waals surface area contributed by atoms with Crippen molar-refractivity contribution in [3.05, 3.63) is 4.88 Å². The second kappa shape index (κ2) is 4.91. The number of sulfone groups is 1. The molecule has 0 unspecified atom stereocenters. The molecule has 1 fully saturated rings. The number of nitrogens with two attached hydrogens (primary N) is 1. The van der Waals surface area contributed by atoms with Crippen molar-refractivity contribution in [2.45, 2.75) is 30.3 Å². The maximum absolute atomic E-state index is 11.9. The molecule has 0 saturated carbocycles. The van der Waals surface area contributed by atoms with E-state index in [1.54, 1.807) is 6.92 Å². The molecule has 1 aromatic rings. The Labute approximate surface area is 122 Å². The Morgan fingerprint density at radius 2 is 2.00 bits per heavy atom. The van der Waals surface area contributed by atoms with E-state index in [1.807, 2.05) is 11.0 Å². The van der Waals surface area contributed by atoms with Crippen LogP contribution in [0, 0.1) is 11.3 Å². The number of aliphatic hydroxyl groups is 1. The summed E-state index contributed by atoms with van der Waals surface area (Å²) in [6, 6.07) is 1.94. The molecule has 2 rings (SSSR count). The lowest BCUT2D eigenvalue weighted by atomic mass is 9.94. The normalized spacial score (nSPS) is 18.8. The number of rotatable bonds is 2. The topological polar surface area (TPSA) is 107 Å². The van der Waals surface area contributed by atoms with Crippen molar-refractivity contribution in [3.8, 4) is 6.07 Å². The summed E-state index contributed by atoms with van der Waals surface area (Å²) in [6.45, 7) is 2.85. The van der Waals surface area contributed by atoms with Gasteiger partial charge < -0.3 is 15.7 Å². The minimum Gasteiger partial charge on any atom is -0.396 e. The third-order valence-electron chi connectivity index (χ3n) is 3.48. The highest BCUT2D eigenvalue weighted by molar-refractivity contribution is 7.91. The van der Waals surface area contributed by atoms with Gasteiger partial charge in [0.1, 0.15) is 20.8 Å². The van der Waals surface area contributed by atoms with Crippen LogP contribution in [0.2, 0.25) is 0 Å². The fourth-order valence-electron chi connectivity index (χ4n) is 2.26. The Hall–Kier alpha value is -1.30. The first-order valence-corrected chi connectivity index (χ1v) is 8.86. The summed E-state index contributed by atoms with van der Waals surface area (Å²) in [6.07, 6.45) is 2.20. The lowest BCUT2D eigenvalue weighted by Crippen LogP contribution is -2.42. The van der Waals surface area contributed by atoms with Crippen molar-refractivity contribution in [3.63, 3.8) is 0 Å². The minimum absolute atomic E-state index is 0.0346. The molecule has 1 aliphatic rings. The lowest BCUT2D eigenvalue weighted by Gasteiger charge is -2.36. The van der Waals surface area contributed by atoms with E-state index in [2.05, 4.69) is 0 Å². The van der Waals surface area contributed by atoms with E-state index >= 15 is 0 Å². The second-order valence-electron chi connectivity index (χ2n) is 5.35. The van der Waals surface area contributed by atoms with Gasteiger partial charge in [0.25, 0.3) is 0 Å². The van der Waals surface area contributed by atoms with E-state index in [1.165, 1.54) is 0 Å². The van der Waals surface area contributed by atoms with Gasteiger partial charge >= 0.3 is 0 Å². The SMILES string of the molecule is CC1(O)CCN(c2sc(C#N)c(N)c2S(C)(=O)=O)CC1. The molecule has 0 radical (unpaired) electrons. The van der Waals surface area contributed by atoms with Gasteiger partial charge in [0.05, 0.1) is 11.3 Å². The number of piperidine rings is 1. The summed E-state index contributed by atoms with van der Waals surface area (Å²) in [5, 5.41) is 19.5. The van der Waals surface area contributed by atoms with Crippen LogP contribution in [0.4, 0.5) is 10.7 Å². The van der Waals surface area contributed by atoms with Crippen molar-refractivity contribution >= 4 is 31.9 Å². The summed E-state index contributed by atoms with van der Waals surface area (Å²) >= 11 is 1.10. The van der Waals surface area contributed by atoms with Gasteiger partial charge in [0.2, 0.25) is 0 Å². The summed E-state index contributed by atoms with van der Waals surface area (Å²) in [4.78, 5) is 2.15. The van der Waals surface area contributed by atoms with Crippen molar-refractivity contribution in [1.29, 1.82) is 5.26 Å². The zero-order valence-electron chi connectivity index (χ0n) is 11.4. The zero-order chi connectivity index (χ0) is 15.1. The second-order valence-corrected chi connectivity index (χ2v) is 8.30. The van der Waals surface area contributed by atoms with Gasteiger partial charge in [0.15, 0.2) is 9.84 Å². The van der Waals surface area contributed by atoms with Crippen LogP contribution >= 0.6 is 11.3 Å². The monoisotopic (exact) mass is 315 g/mol. The van der Waals surface area contributed by atoms with Gasteiger partial charge in [-0.1, -0.05) is 0 Å². The molecule has 6 nitrogen and oxygen atoms in total.